The van der Waals surface area contributed by atoms with Crippen molar-refractivity contribution in [2.75, 3.05) is 40.5 Å². The third-order valence-electron chi connectivity index (χ3n) is 7.95. The zero-order valence-corrected chi connectivity index (χ0v) is 30.4. The Kier molecular flexibility index (Phi) is 15.3. The molecular weight excluding hydrogens is 634 g/mol. The van der Waals surface area contributed by atoms with Crippen molar-refractivity contribution in [3.05, 3.63) is 64.2 Å². The van der Waals surface area contributed by atoms with E-state index < -0.39 is 23.9 Å². The van der Waals surface area contributed by atoms with Gasteiger partial charge in [-0.3, -0.25) is 4.79 Å². The summed E-state index contributed by atoms with van der Waals surface area (Å²) in [6, 6.07) is 12.5. The fourth-order valence-corrected chi connectivity index (χ4v) is 5.92. The van der Waals surface area contributed by atoms with Crippen LogP contribution in [0.4, 0.5) is 9.59 Å². The molecule has 10 nitrogen and oxygen atoms in total. The molecule has 1 saturated carbocycles. The van der Waals surface area contributed by atoms with Crippen LogP contribution in [0.3, 0.4) is 0 Å². The monoisotopic (exact) mass is 687 g/mol. The van der Waals surface area contributed by atoms with Crippen molar-refractivity contribution in [2.45, 2.75) is 90.9 Å². The second kappa shape index (κ2) is 18.9. The molecule has 2 aromatic rings. The lowest BCUT2D eigenvalue weighted by atomic mass is 9.84. The van der Waals surface area contributed by atoms with Gasteiger partial charge in [0.05, 0.1) is 20.3 Å². The molecule has 2 aromatic carbocycles. The van der Waals surface area contributed by atoms with Gasteiger partial charge in [0.1, 0.15) is 17.5 Å². The number of alkyl carbamates (subject to hydrolysis) is 1. The molecule has 0 heterocycles. The Hall–Kier alpha value is -3.50. The van der Waals surface area contributed by atoms with Crippen LogP contribution >= 0.6 is 11.6 Å². The van der Waals surface area contributed by atoms with E-state index in [0.29, 0.717) is 41.0 Å². The normalized spacial score (nSPS) is 14.9. The van der Waals surface area contributed by atoms with Gasteiger partial charge in [0.2, 0.25) is 0 Å². The molecule has 11 heteroatoms. The van der Waals surface area contributed by atoms with Crippen LogP contribution in [0.25, 0.3) is 0 Å². The number of halogens is 1. The first kappa shape index (κ1) is 38.9. The van der Waals surface area contributed by atoms with Crippen LogP contribution in [-0.4, -0.2) is 75.1 Å². The maximum absolute atomic E-state index is 14.1. The molecule has 3 amide bonds. The van der Waals surface area contributed by atoms with Gasteiger partial charge >= 0.3 is 12.2 Å². The second-order valence-corrected chi connectivity index (χ2v) is 14.4. The van der Waals surface area contributed by atoms with Gasteiger partial charge in [0.15, 0.2) is 0 Å². The average Bonchev–Trinajstić information content (AvgIpc) is 3.03. The number of methoxy groups -OCH3 is 1. The minimum Gasteiger partial charge on any atom is -0.493 e. The zero-order valence-electron chi connectivity index (χ0n) is 29.6. The molecule has 1 unspecified atom stereocenters. The van der Waals surface area contributed by atoms with Crippen molar-refractivity contribution in [3.8, 4) is 5.75 Å². The number of carbonyl (C=O) groups excluding carboxylic acids is 3. The fraction of sp³-hybridized carbons (Fsp3) is 0.595. The number of hydrogen-bond donors (Lipinski definition) is 2. The number of rotatable bonds is 15. The number of nitrogens with zero attached hydrogens (tertiary/aromatic N) is 1. The van der Waals surface area contributed by atoms with Crippen LogP contribution in [0.1, 0.15) is 101 Å². The molecule has 266 valence electrons. The largest absolute Gasteiger partial charge is 0.493 e. The minimum absolute atomic E-state index is 0.172. The van der Waals surface area contributed by atoms with E-state index in [4.69, 9.17) is 25.8 Å². The van der Waals surface area contributed by atoms with Gasteiger partial charge in [-0.1, -0.05) is 69.7 Å². The third-order valence-corrected chi connectivity index (χ3v) is 8.18. The van der Waals surface area contributed by atoms with Crippen molar-refractivity contribution in [2.24, 2.45) is 11.8 Å². The summed E-state index contributed by atoms with van der Waals surface area (Å²) in [5.74, 6) is 0.983. The summed E-state index contributed by atoms with van der Waals surface area (Å²) in [5, 5.41) is 6.41. The van der Waals surface area contributed by atoms with Crippen LogP contribution in [0, 0.1) is 11.8 Å². The smallest absolute Gasteiger partial charge is 0.410 e. The third kappa shape index (κ3) is 13.5. The Balaban J connectivity index is 1.94. The average molecular weight is 688 g/mol. The first-order chi connectivity index (χ1) is 22.7. The molecule has 0 saturated heterocycles. The summed E-state index contributed by atoms with van der Waals surface area (Å²) in [5.41, 5.74) is 1.25. The highest BCUT2D eigenvalue weighted by molar-refractivity contribution is 6.30. The van der Waals surface area contributed by atoms with Crippen LogP contribution in [-0.2, 0) is 14.2 Å². The van der Waals surface area contributed by atoms with Gasteiger partial charge in [-0.2, -0.15) is 0 Å². The molecule has 0 aromatic heterocycles. The van der Waals surface area contributed by atoms with Crippen molar-refractivity contribution >= 4 is 29.7 Å². The standard InChI is InChI=1S/C37H54ClN3O7/c1-25(2)24-47-32-21-28(33(27-14-11-15-30(38)20-27)46-17-16-39-35(43)45-7)19-29(22-32)34(42)40-31(18-26-12-9-8-10-13-26)23-41(6)36(44)48-37(3,4)5/h11,14-15,19-22,25-26,31,33H,8-10,12-13,16-18,23-24H2,1-7H3,(H,39,43)(H,40,42)/t31-,33?/m0/s1. The summed E-state index contributed by atoms with van der Waals surface area (Å²) in [4.78, 5) is 40.1. The number of carbonyl (C=O) groups is 3. The molecular formula is C37H54ClN3O7. The van der Waals surface area contributed by atoms with Gasteiger partial charge in [-0.15, -0.1) is 0 Å². The number of ether oxygens (including phenoxy) is 4. The van der Waals surface area contributed by atoms with Crippen LogP contribution < -0.4 is 15.4 Å². The SMILES string of the molecule is COC(=O)NCCOC(c1cccc(Cl)c1)c1cc(OCC(C)C)cc(C(=O)N[C@@H](CC2CCCCC2)CN(C)C(=O)OC(C)(C)C)c1. The maximum atomic E-state index is 14.1. The lowest BCUT2D eigenvalue weighted by Gasteiger charge is -2.31. The first-order valence-corrected chi connectivity index (χ1v) is 17.3. The topological polar surface area (TPSA) is 115 Å². The number of hydrogen-bond acceptors (Lipinski definition) is 7. The predicted octanol–water partition coefficient (Wildman–Crippen LogP) is 7.77. The first-order valence-electron chi connectivity index (χ1n) is 17.0. The van der Waals surface area contributed by atoms with E-state index in [-0.39, 0.29) is 31.0 Å². The highest BCUT2D eigenvalue weighted by Gasteiger charge is 2.27. The molecule has 3 rings (SSSR count). The van der Waals surface area contributed by atoms with E-state index in [1.165, 1.54) is 31.3 Å². The van der Waals surface area contributed by atoms with E-state index in [1.807, 2.05) is 45.0 Å². The van der Waals surface area contributed by atoms with Gasteiger partial charge in [-0.25, -0.2) is 9.59 Å². The summed E-state index contributed by atoms with van der Waals surface area (Å²) >= 11 is 6.38. The Morgan fingerprint density at radius 1 is 1.02 bits per heavy atom. The highest BCUT2D eigenvalue weighted by atomic mass is 35.5. The van der Waals surface area contributed by atoms with Gasteiger partial charge in [0.25, 0.3) is 5.91 Å². The van der Waals surface area contributed by atoms with E-state index >= 15 is 0 Å². The van der Waals surface area contributed by atoms with Crippen LogP contribution in [0.15, 0.2) is 42.5 Å². The molecule has 2 atom stereocenters. The van der Waals surface area contributed by atoms with Crippen LogP contribution in [0.5, 0.6) is 5.75 Å². The summed E-state index contributed by atoms with van der Waals surface area (Å²) in [6.07, 6.45) is 4.94. The van der Waals surface area contributed by atoms with Gasteiger partial charge in [0, 0.05) is 36.8 Å². The van der Waals surface area contributed by atoms with Crippen molar-refractivity contribution in [1.29, 1.82) is 0 Å². The zero-order chi connectivity index (χ0) is 35.3. The van der Waals surface area contributed by atoms with Gasteiger partial charge in [-0.05, 0) is 80.5 Å². The van der Waals surface area contributed by atoms with Crippen molar-refractivity contribution in [3.63, 3.8) is 0 Å². The van der Waals surface area contributed by atoms with E-state index in [9.17, 15) is 14.4 Å². The number of nitrogens with one attached hydrogen (secondary N) is 2. The molecule has 1 aliphatic carbocycles. The summed E-state index contributed by atoms with van der Waals surface area (Å²) < 4.78 is 22.7. The number of likely N-dealkylation sites (N-methyl/N-ethyl adjacent to an activating group) is 1. The summed E-state index contributed by atoms with van der Waals surface area (Å²) in [7, 11) is 3.00. The molecule has 48 heavy (non-hydrogen) atoms. The van der Waals surface area contributed by atoms with Gasteiger partial charge < -0.3 is 34.5 Å². The molecule has 1 fully saturated rings. The molecule has 1 aliphatic rings. The Labute approximate surface area is 291 Å². The molecule has 0 radical (unpaired) electrons. The molecule has 0 spiro atoms. The van der Waals surface area contributed by atoms with E-state index in [1.54, 1.807) is 25.2 Å². The lowest BCUT2D eigenvalue weighted by molar-refractivity contribution is 0.0274. The Morgan fingerprint density at radius 2 is 1.75 bits per heavy atom. The number of amides is 3. The fourth-order valence-electron chi connectivity index (χ4n) is 5.73. The van der Waals surface area contributed by atoms with E-state index in [0.717, 1.165) is 24.8 Å². The summed E-state index contributed by atoms with van der Waals surface area (Å²) in [6.45, 7) is 10.8. The maximum Gasteiger partial charge on any atom is 0.410 e. The molecule has 0 aliphatic heterocycles. The van der Waals surface area contributed by atoms with Crippen molar-refractivity contribution in [1.82, 2.24) is 15.5 Å². The highest BCUT2D eigenvalue weighted by Crippen LogP contribution is 2.32. The Bertz CT molecular complexity index is 1340. The van der Waals surface area contributed by atoms with Crippen LogP contribution in [0.2, 0.25) is 5.02 Å². The lowest BCUT2D eigenvalue weighted by Crippen LogP contribution is -2.46. The number of benzene rings is 2. The van der Waals surface area contributed by atoms with Crippen molar-refractivity contribution < 1.29 is 33.3 Å². The molecule has 2 N–H and O–H groups in total. The second-order valence-electron chi connectivity index (χ2n) is 14.0. The van der Waals surface area contributed by atoms with E-state index in [2.05, 4.69) is 29.2 Å². The Morgan fingerprint density at radius 3 is 2.40 bits per heavy atom. The quantitative estimate of drug-likeness (QED) is 0.184. The predicted molar refractivity (Wildman–Crippen MR) is 188 cm³/mol. The molecule has 0 bridgehead atoms. The minimum atomic E-state index is -0.628.